The van der Waals surface area contributed by atoms with E-state index in [0.717, 1.165) is 31.2 Å². The van der Waals surface area contributed by atoms with Crippen LogP contribution >= 0.6 is 0 Å². The van der Waals surface area contributed by atoms with Crippen molar-refractivity contribution in [2.24, 2.45) is 11.1 Å². The molecule has 1 atom stereocenters. The van der Waals surface area contributed by atoms with Gasteiger partial charge >= 0.3 is 5.97 Å². The number of hydrogen-bond acceptors (Lipinski definition) is 5. The lowest BCUT2D eigenvalue weighted by Crippen LogP contribution is -2.48. The Morgan fingerprint density at radius 1 is 1.20 bits per heavy atom. The first kappa shape index (κ1) is 18.1. The molecule has 7 heteroatoms. The zero-order valence-electron chi connectivity index (χ0n) is 14.1. The van der Waals surface area contributed by atoms with E-state index in [9.17, 15) is 18.0 Å². The molecule has 0 radical (unpaired) electrons. The molecule has 1 saturated heterocycles. The predicted octanol–water partition coefficient (Wildman–Crippen LogP) is 2.10. The van der Waals surface area contributed by atoms with Crippen LogP contribution in [0.25, 0.3) is 0 Å². The Morgan fingerprint density at radius 2 is 1.92 bits per heavy atom. The van der Waals surface area contributed by atoms with Crippen LogP contribution in [0.15, 0.2) is 29.2 Å². The van der Waals surface area contributed by atoms with Crippen molar-refractivity contribution < 1.29 is 22.7 Å². The first-order chi connectivity index (χ1) is 11.8. The number of carbonyl (C=O) groups is 2. The summed E-state index contributed by atoms with van der Waals surface area (Å²) in [6.45, 7) is 0. The van der Waals surface area contributed by atoms with Crippen LogP contribution in [0.3, 0.4) is 0 Å². The highest BCUT2D eigenvalue weighted by Gasteiger charge is 2.47. The number of nitrogens with two attached hydrogens (primary N) is 1. The standard InChI is InChI=1S/C18H23NO5S/c19-25(22,23)16-7-3-4-13(10-16)8-9-18(14-5-1-2-6-14)12-15(20)11-17(21)24-18/h3-4,7,10,14H,1-2,5-6,8-9,11-12H2,(H2,19,22,23). The maximum Gasteiger partial charge on any atom is 0.313 e. The molecule has 6 nitrogen and oxygen atoms in total. The van der Waals surface area contributed by atoms with Crippen molar-refractivity contribution >= 4 is 21.8 Å². The number of Topliss-reactive ketones (excluding diaryl/α,β-unsaturated/α-hetero) is 1. The van der Waals surface area contributed by atoms with E-state index >= 15 is 0 Å². The van der Waals surface area contributed by atoms with Gasteiger partial charge in [0.05, 0.1) is 4.90 Å². The fourth-order valence-electron chi connectivity index (χ4n) is 4.11. The second-order valence-corrected chi connectivity index (χ2v) is 8.67. The molecule has 0 bridgehead atoms. The molecule has 1 aromatic rings. The number of ketones is 1. The first-order valence-corrected chi connectivity index (χ1v) is 10.2. The molecule has 0 spiro atoms. The molecule has 1 aromatic carbocycles. The van der Waals surface area contributed by atoms with Crippen LogP contribution in [0.2, 0.25) is 0 Å². The van der Waals surface area contributed by atoms with Crippen molar-refractivity contribution in [2.45, 2.75) is 61.9 Å². The number of hydrogen-bond donors (Lipinski definition) is 1. The molecule has 1 aliphatic carbocycles. The van der Waals surface area contributed by atoms with Gasteiger partial charge in [-0.15, -0.1) is 0 Å². The lowest BCUT2D eigenvalue weighted by Gasteiger charge is -2.41. The van der Waals surface area contributed by atoms with Gasteiger partial charge in [-0.1, -0.05) is 25.0 Å². The van der Waals surface area contributed by atoms with E-state index in [1.165, 1.54) is 6.07 Å². The van der Waals surface area contributed by atoms with Gasteiger partial charge in [-0.2, -0.15) is 0 Å². The van der Waals surface area contributed by atoms with E-state index in [0.29, 0.717) is 12.8 Å². The molecule has 2 fully saturated rings. The van der Waals surface area contributed by atoms with Crippen LogP contribution in [0.5, 0.6) is 0 Å². The highest BCUT2D eigenvalue weighted by Crippen LogP contribution is 2.43. The van der Waals surface area contributed by atoms with Crippen LogP contribution in [-0.2, 0) is 30.8 Å². The minimum atomic E-state index is -3.76. The topological polar surface area (TPSA) is 104 Å². The summed E-state index contributed by atoms with van der Waals surface area (Å²) in [5.41, 5.74) is 0.0542. The number of carbonyl (C=O) groups excluding carboxylic acids is 2. The van der Waals surface area contributed by atoms with Gasteiger partial charge in [0.15, 0.2) is 0 Å². The lowest BCUT2D eigenvalue weighted by molar-refractivity contribution is -0.178. The maximum atomic E-state index is 12.0. The van der Waals surface area contributed by atoms with E-state index in [-0.39, 0.29) is 29.4 Å². The van der Waals surface area contributed by atoms with Gasteiger partial charge in [0.1, 0.15) is 17.8 Å². The maximum absolute atomic E-state index is 12.0. The van der Waals surface area contributed by atoms with Crippen molar-refractivity contribution in [1.82, 2.24) is 0 Å². The van der Waals surface area contributed by atoms with E-state index in [1.54, 1.807) is 12.1 Å². The molecule has 0 aromatic heterocycles. The zero-order valence-corrected chi connectivity index (χ0v) is 14.9. The second kappa shape index (κ2) is 6.88. The van der Waals surface area contributed by atoms with Gasteiger partial charge in [-0.25, -0.2) is 13.6 Å². The smallest absolute Gasteiger partial charge is 0.313 e. The Morgan fingerprint density at radius 3 is 2.56 bits per heavy atom. The average Bonchev–Trinajstić information content (AvgIpc) is 3.07. The Bertz CT molecular complexity index is 764. The Kier molecular flexibility index (Phi) is 4.97. The van der Waals surface area contributed by atoms with Crippen LogP contribution in [0.1, 0.15) is 50.5 Å². The van der Waals surface area contributed by atoms with E-state index in [1.807, 2.05) is 6.07 Å². The van der Waals surface area contributed by atoms with E-state index in [4.69, 9.17) is 9.88 Å². The second-order valence-electron chi connectivity index (χ2n) is 7.10. The average molecular weight is 365 g/mol. The molecule has 136 valence electrons. The lowest BCUT2D eigenvalue weighted by atomic mass is 9.76. The largest absolute Gasteiger partial charge is 0.458 e. The molecule has 2 N–H and O–H groups in total. The SMILES string of the molecule is NS(=O)(=O)c1cccc(CCC2(C3CCCC3)CC(=O)CC(=O)O2)c1. The summed E-state index contributed by atoms with van der Waals surface area (Å²) in [7, 11) is -3.76. The Labute approximate surface area is 147 Å². The number of esters is 1. The number of ether oxygens (including phenoxy) is 1. The highest BCUT2D eigenvalue weighted by atomic mass is 32.2. The molecule has 1 heterocycles. The van der Waals surface area contributed by atoms with Gasteiger partial charge in [0, 0.05) is 6.42 Å². The van der Waals surface area contributed by atoms with Crippen LogP contribution < -0.4 is 5.14 Å². The third-order valence-corrected chi connectivity index (χ3v) is 6.23. The van der Waals surface area contributed by atoms with Gasteiger partial charge in [-0.3, -0.25) is 9.59 Å². The van der Waals surface area contributed by atoms with Crippen molar-refractivity contribution in [3.8, 4) is 0 Å². The molecule has 2 aliphatic rings. The highest BCUT2D eigenvalue weighted by molar-refractivity contribution is 7.89. The van der Waals surface area contributed by atoms with Gasteiger partial charge in [0.25, 0.3) is 0 Å². The third kappa shape index (κ3) is 4.10. The number of benzene rings is 1. The summed E-state index contributed by atoms with van der Waals surface area (Å²) in [6.07, 6.45) is 5.24. The number of primary sulfonamides is 1. The predicted molar refractivity (Wildman–Crippen MR) is 91.2 cm³/mol. The molecular weight excluding hydrogens is 342 g/mol. The zero-order chi connectivity index (χ0) is 18.1. The number of cyclic esters (lactones) is 1. The first-order valence-electron chi connectivity index (χ1n) is 8.64. The summed E-state index contributed by atoms with van der Waals surface area (Å²) >= 11 is 0. The molecule has 0 amide bonds. The number of rotatable bonds is 5. The Hall–Kier alpha value is -1.73. The van der Waals surface area contributed by atoms with Crippen molar-refractivity contribution in [1.29, 1.82) is 0 Å². The molecule has 1 saturated carbocycles. The molecule has 1 unspecified atom stereocenters. The minimum absolute atomic E-state index is 0.0663. The number of sulfonamides is 1. The third-order valence-electron chi connectivity index (χ3n) is 5.32. The molecular formula is C18H23NO5S. The summed E-state index contributed by atoms with van der Waals surface area (Å²) < 4.78 is 28.8. The summed E-state index contributed by atoms with van der Waals surface area (Å²) in [5, 5.41) is 5.18. The van der Waals surface area contributed by atoms with Gasteiger partial charge in [-0.05, 0) is 49.3 Å². The quantitative estimate of drug-likeness (QED) is 0.636. The summed E-state index contributed by atoms with van der Waals surface area (Å²) in [6, 6.07) is 6.47. The van der Waals surface area contributed by atoms with Crippen molar-refractivity contribution in [3.05, 3.63) is 29.8 Å². The molecule has 1 aliphatic heterocycles. The normalized spacial score (nSPS) is 25.2. The van der Waals surface area contributed by atoms with Crippen molar-refractivity contribution in [3.63, 3.8) is 0 Å². The van der Waals surface area contributed by atoms with Crippen LogP contribution in [0, 0.1) is 5.92 Å². The van der Waals surface area contributed by atoms with Crippen LogP contribution in [-0.4, -0.2) is 25.8 Å². The van der Waals surface area contributed by atoms with E-state index < -0.39 is 21.6 Å². The molecule has 3 rings (SSSR count). The summed E-state index contributed by atoms with van der Waals surface area (Å²) in [5.74, 6) is -0.315. The van der Waals surface area contributed by atoms with E-state index in [2.05, 4.69) is 0 Å². The summed E-state index contributed by atoms with van der Waals surface area (Å²) in [4.78, 5) is 24.0. The number of aryl methyl sites for hydroxylation is 1. The van der Waals surface area contributed by atoms with Crippen molar-refractivity contribution in [2.75, 3.05) is 0 Å². The van der Waals surface area contributed by atoms with Crippen LogP contribution in [0.4, 0.5) is 0 Å². The fourth-order valence-corrected chi connectivity index (χ4v) is 4.70. The monoisotopic (exact) mass is 365 g/mol. The Balaban J connectivity index is 1.82. The van der Waals surface area contributed by atoms with Gasteiger partial charge in [0.2, 0.25) is 10.0 Å². The molecule has 25 heavy (non-hydrogen) atoms. The minimum Gasteiger partial charge on any atom is -0.458 e. The fraction of sp³-hybridized carbons (Fsp3) is 0.556. The van der Waals surface area contributed by atoms with Gasteiger partial charge < -0.3 is 4.74 Å².